The van der Waals surface area contributed by atoms with Gasteiger partial charge in [0.05, 0.1) is 0 Å². The molecule has 0 fully saturated rings. The molecule has 7 heteroatoms. The van der Waals surface area contributed by atoms with E-state index >= 15 is 4.39 Å². The summed E-state index contributed by atoms with van der Waals surface area (Å²) in [6.07, 6.45) is 0. The van der Waals surface area contributed by atoms with Crippen molar-refractivity contribution in [2.45, 2.75) is 20.8 Å². The Morgan fingerprint density at radius 1 is 0.512 bits per heavy atom. The minimum Gasteiger partial charge on any atom is -0.423 e. The molecule has 4 aromatic carbocycles. The van der Waals surface area contributed by atoms with Crippen molar-refractivity contribution in [2.75, 3.05) is 0 Å². The van der Waals surface area contributed by atoms with Crippen LogP contribution in [0.4, 0.5) is 4.39 Å². The second-order valence-corrected chi connectivity index (χ2v) is 9.96. The van der Waals surface area contributed by atoms with Gasteiger partial charge >= 0.3 is 17.9 Å². The number of hydrogen-bond acceptors (Lipinski definition) is 6. The lowest BCUT2D eigenvalue weighted by atomic mass is 9.96. The maximum atomic E-state index is 15.4. The van der Waals surface area contributed by atoms with E-state index in [0.29, 0.717) is 33.8 Å². The Hall–Kier alpha value is -5.56. The van der Waals surface area contributed by atoms with Crippen LogP contribution in [0.15, 0.2) is 121 Å². The molecule has 0 saturated heterocycles. The average molecular weight is 577 g/mol. The minimum absolute atomic E-state index is 0.207. The van der Waals surface area contributed by atoms with Crippen molar-refractivity contribution in [2.24, 2.45) is 0 Å². The maximum absolute atomic E-state index is 15.4. The normalized spacial score (nSPS) is 10.4. The number of ether oxygens (including phenoxy) is 3. The first kappa shape index (κ1) is 30.4. The van der Waals surface area contributed by atoms with Crippen molar-refractivity contribution in [3.05, 3.63) is 127 Å². The Morgan fingerprint density at radius 3 is 1.42 bits per heavy atom. The molecule has 0 saturated carbocycles. The summed E-state index contributed by atoms with van der Waals surface area (Å²) in [4.78, 5) is 36.1. The Morgan fingerprint density at radius 2 is 0.930 bits per heavy atom. The molecule has 4 aromatic rings. The van der Waals surface area contributed by atoms with E-state index in [9.17, 15) is 14.4 Å². The predicted molar refractivity (Wildman–Crippen MR) is 164 cm³/mol. The van der Waals surface area contributed by atoms with Crippen LogP contribution in [0.25, 0.3) is 33.4 Å². The molecule has 0 unspecified atom stereocenters. The second kappa shape index (κ2) is 13.0. The Bertz CT molecular complexity index is 1760. The third kappa shape index (κ3) is 7.40. The maximum Gasteiger partial charge on any atom is 0.338 e. The highest BCUT2D eigenvalue weighted by molar-refractivity contribution is 5.91. The first-order valence-electron chi connectivity index (χ1n) is 13.2. The molecule has 43 heavy (non-hydrogen) atoms. The Balaban J connectivity index is 1.65. The fourth-order valence-electron chi connectivity index (χ4n) is 3.93. The molecule has 0 amide bonds. The lowest BCUT2D eigenvalue weighted by Gasteiger charge is -2.14. The van der Waals surface area contributed by atoms with Gasteiger partial charge in [0.25, 0.3) is 0 Å². The summed E-state index contributed by atoms with van der Waals surface area (Å²) in [5.41, 5.74) is 4.16. The quantitative estimate of drug-likeness (QED) is 0.113. The molecular weight excluding hydrogens is 547 g/mol. The SMILES string of the molecule is C=C(C)C(=O)Oc1ccc(-c2ccc(-c3ccc(-c4ccc(OC(=O)C(=C)C)cc4)c(F)c3)c(OC(=O)C(=C)C)c2)cc1. The van der Waals surface area contributed by atoms with Gasteiger partial charge in [-0.3, -0.25) is 0 Å². The number of hydrogen-bond donors (Lipinski definition) is 0. The van der Waals surface area contributed by atoms with Crippen LogP contribution in [0.5, 0.6) is 17.2 Å². The van der Waals surface area contributed by atoms with Gasteiger partial charge in [-0.25, -0.2) is 18.8 Å². The zero-order chi connectivity index (χ0) is 31.3. The fraction of sp³-hybridized carbons (Fsp3) is 0.0833. The van der Waals surface area contributed by atoms with Crippen LogP contribution in [-0.2, 0) is 14.4 Å². The molecule has 4 rings (SSSR count). The number of halogens is 1. The van der Waals surface area contributed by atoms with Gasteiger partial charge in [-0.1, -0.05) is 68.3 Å². The van der Waals surface area contributed by atoms with Gasteiger partial charge in [0.2, 0.25) is 0 Å². The molecule has 0 aromatic heterocycles. The summed E-state index contributed by atoms with van der Waals surface area (Å²) in [6, 6.07) is 23.2. The summed E-state index contributed by atoms with van der Waals surface area (Å²) in [7, 11) is 0. The van der Waals surface area contributed by atoms with E-state index in [4.69, 9.17) is 14.2 Å². The monoisotopic (exact) mass is 576 g/mol. The standard InChI is InChI=1S/C36H29FO6/c1-21(2)34(38)41-28-13-7-24(8-14-28)26-11-18-31(33(20-26)43-36(40)23(5)6)27-12-17-30(32(37)19-27)25-9-15-29(16-10-25)42-35(39)22(3)4/h7-20H,1,3,5H2,2,4,6H3. The van der Waals surface area contributed by atoms with Crippen LogP contribution in [0.2, 0.25) is 0 Å². The molecule has 0 bridgehead atoms. The number of carbonyl (C=O) groups is 3. The first-order valence-corrected chi connectivity index (χ1v) is 13.2. The van der Waals surface area contributed by atoms with E-state index in [-0.39, 0.29) is 22.5 Å². The van der Waals surface area contributed by atoms with Gasteiger partial charge in [-0.2, -0.15) is 0 Å². The lowest BCUT2D eigenvalue weighted by molar-refractivity contribution is -0.130. The van der Waals surface area contributed by atoms with Crippen LogP contribution in [0.3, 0.4) is 0 Å². The molecule has 0 radical (unpaired) electrons. The molecule has 0 N–H and O–H groups in total. The number of benzene rings is 4. The lowest BCUT2D eigenvalue weighted by Crippen LogP contribution is -2.09. The highest BCUT2D eigenvalue weighted by atomic mass is 19.1. The molecule has 0 atom stereocenters. The smallest absolute Gasteiger partial charge is 0.338 e. The van der Waals surface area contributed by atoms with E-state index in [1.807, 2.05) is 6.07 Å². The Kier molecular flexibility index (Phi) is 9.16. The summed E-state index contributed by atoms with van der Waals surface area (Å²) in [6.45, 7) is 15.4. The van der Waals surface area contributed by atoms with E-state index in [0.717, 1.165) is 11.1 Å². The first-order chi connectivity index (χ1) is 20.4. The molecule has 0 heterocycles. The molecule has 6 nitrogen and oxygen atoms in total. The van der Waals surface area contributed by atoms with Crippen LogP contribution < -0.4 is 14.2 Å². The van der Waals surface area contributed by atoms with Crippen molar-refractivity contribution in [3.8, 4) is 50.6 Å². The number of esters is 3. The summed E-state index contributed by atoms with van der Waals surface area (Å²) in [5.74, 6) is -1.28. The highest BCUT2D eigenvalue weighted by Gasteiger charge is 2.16. The van der Waals surface area contributed by atoms with E-state index in [2.05, 4.69) is 19.7 Å². The van der Waals surface area contributed by atoms with Gasteiger partial charge < -0.3 is 14.2 Å². The van der Waals surface area contributed by atoms with Crippen molar-refractivity contribution in [1.29, 1.82) is 0 Å². The average Bonchev–Trinajstić information content (AvgIpc) is 2.97. The third-order valence-corrected chi connectivity index (χ3v) is 6.28. The van der Waals surface area contributed by atoms with E-state index < -0.39 is 23.7 Å². The summed E-state index contributed by atoms with van der Waals surface area (Å²) < 4.78 is 31.5. The van der Waals surface area contributed by atoms with E-state index in [1.165, 1.54) is 13.0 Å². The van der Waals surface area contributed by atoms with Crippen molar-refractivity contribution in [1.82, 2.24) is 0 Å². The molecule has 0 aliphatic rings. The topological polar surface area (TPSA) is 78.9 Å². The van der Waals surface area contributed by atoms with Crippen molar-refractivity contribution >= 4 is 17.9 Å². The zero-order valence-corrected chi connectivity index (χ0v) is 24.0. The summed E-state index contributed by atoms with van der Waals surface area (Å²) in [5, 5.41) is 0. The van der Waals surface area contributed by atoms with Gasteiger partial charge in [0, 0.05) is 27.8 Å². The molecule has 0 aliphatic carbocycles. The minimum atomic E-state index is -0.620. The van der Waals surface area contributed by atoms with Gasteiger partial charge in [0.1, 0.15) is 23.1 Å². The van der Waals surface area contributed by atoms with Gasteiger partial charge in [-0.05, 0) is 79.4 Å². The highest BCUT2D eigenvalue weighted by Crippen LogP contribution is 2.37. The molecular formula is C36H29FO6. The summed E-state index contributed by atoms with van der Waals surface area (Å²) >= 11 is 0. The zero-order valence-electron chi connectivity index (χ0n) is 24.0. The van der Waals surface area contributed by atoms with Crippen molar-refractivity contribution < 1.29 is 33.0 Å². The second-order valence-electron chi connectivity index (χ2n) is 9.96. The van der Waals surface area contributed by atoms with Crippen molar-refractivity contribution in [3.63, 3.8) is 0 Å². The largest absolute Gasteiger partial charge is 0.423 e. The molecule has 216 valence electrons. The van der Waals surface area contributed by atoms with Crippen LogP contribution in [0, 0.1) is 5.82 Å². The molecule has 0 aliphatic heterocycles. The van der Waals surface area contributed by atoms with Gasteiger partial charge in [0.15, 0.2) is 0 Å². The van der Waals surface area contributed by atoms with Crippen LogP contribution in [-0.4, -0.2) is 17.9 Å². The Labute approximate surface area is 249 Å². The number of carbonyl (C=O) groups excluding carboxylic acids is 3. The van der Waals surface area contributed by atoms with Gasteiger partial charge in [-0.15, -0.1) is 0 Å². The fourth-order valence-corrected chi connectivity index (χ4v) is 3.93. The van der Waals surface area contributed by atoms with Crippen LogP contribution in [0.1, 0.15) is 20.8 Å². The van der Waals surface area contributed by atoms with E-state index in [1.54, 1.807) is 86.6 Å². The third-order valence-electron chi connectivity index (χ3n) is 6.28. The predicted octanol–water partition coefficient (Wildman–Crippen LogP) is 8.27. The van der Waals surface area contributed by atoms with Crippen LogP contribution >= 0.6 is 0 Å². The number of rotatable bonds is 9. The molecule has 0 spiro atoms.